The Morgan fingerprint density at radius 1 is 0.593 bits per heavy atom. The molecule has 0 heterocycles. The summed E-state index contributed by atoms with van der Waals surface area (Å²) in [6, 6.07) is 22.7. The van der Waals surface area contributed by atoms with Crippen LogP contribution in [0.4, 0.5) is 11.4 Å². The molecule has 0 radical (unpaired) electrons. The number of hydrogen-bond acceptors (Lipinski definition) is 4. The lowest BCUT2D eigenvalue weighted by molar-refractivity contribution is 0.103. The van der Waals surface area contributed by atoms with E-state index in [4.69, 9.17) is 4.74 Å². The van der Waals surface area contributed by atoms with E-state index in [0.29, 0.717) is 16.9 Å². The molecule has 0 saturated heterocycles. The van der Waals surface area contributed by atoms with Crippen LogP contribution in [-0.2, 0) is 0 Å². The molecule has 3 aromatic rings. The molecule has 0 atom stereocenters. The van der Waals surface area contributed by atoms with Crippen LogP contribution in [0.2, 0.25) is 0 Å². The molecule has 0 amide bonds. The molecule has 4 nitrogen and oxygen atoms in total. The van der Waals surface area contributed by atoms with Gasteiger partial charge in [-0.05, 0) is 72.8 Å². The minimum atomic E-state index is 0.00203. The van der Waals surface area contributed by atoms with Gasteiger partial charge in [0, 0.05) is 50.7 Å². The monoisotopic (exact) mass is 360 g/mol. The molecule has 0 N–H and O–H groups in total. The third-order valence-corrected chi connectivity index (χ3v) is 4.35. The molecule has 0 fully saturated rings. The van der Waals surface area contributed by atoms with Gasteiger partial charge in [0.2, 0.25) is 0 Å². The number of hydrogen-bond donors (Lipinski definition) is 0. The van der Waals surface area contributed by atoms with Crippen molar-refractivity contribution in [3.8, 4) is 11.5 Å². The van der Waals surface area contributed by atoms with E-state index in [1.54, 1.807) is 12.1 Å². The zero-order chi connectivity index (χ0) is 19.4. The lowest BCUT2D eigenvalue weighted by Gasteiger charge is -2.13. The van der Waals surface area contributed by atoms with Crippen LogP contribution in [0.25, 0.3) is 0 Å². The minimum absolute atomic E-state index is 0.00203. The first kappa shape index (κ1) is 18.5. The summed E-state index contributed by atoms with van der Waals surface area (Å²) >= 11 is 0. The second-order valence-electron chi connectivity index (χ2n) is 6.79. The largest absolute Gasteiger partial charge is 0.457 e. The van der Waals surface area contributed by atoms with Crippen molar-refractivity contribution < 1.29 is 9.53 Å². The van der Waals surface area contributed by atoms with Crippen LogP contribution in [0, 0.1) is 0 Å². The molecular weight excluding hydrogens is 336 g/mol. The Morgan fingerprint density at radius 3 is 1.33 bits per heavy atom. The Labute approximate surface area is 160 Å². The molecule has 0 unspecified atom stereocenters. The number of carbonyl (C=O) groups is 1. The molecule has 0 bridgehead atoms. The van der Waals surface area contributed by atoms with E-state index in [-0.39, 0.29) is 5.78 Å². The van der Waals surface area contributed by atoms with Crippen molar-refractivity contribution in [2.24, 2.45) is 0 Å². The molecule has 0 aliphatic rings. The molecule has 138 valence electrons. The molecule has 0 saturated carbocycles. The van der Waals surface area contributed by atoms with Gasteiger partial charge in [-0.15, -0.1) is 0 Å². The van der Waals surface area contributed by atoms with Gasteiger partial charge < -0.3 is 14.5 Å². The van der Waals surface area contributed by atoms with Crippen molar-refractivity contribution in [2.45, 2.75) is 0 Å². The quantitative estimate of drug-likeness (QED) is 0.589. The molecule has 4 heteroatoms. The van der Waals surface area contributed by atoms with Crippen LogP contribution in [-0.4, -0.2) is 34.0 Å². The first-order chi connectivity index (χ1) is 12.9. The Kier molecular flexibility index (Phi) is 5.46. The Balaban J connectivity index is 1.69. The van der Waals surface area contributed by atoms with E-state index >= 15 is 0 Å². The van der Waals surface area contributed by atoms with Gasteiger partial charge in [0.1, 0.15) is 11.5 Å². The van der Waals surface area contributed by atoms with Crippen LogP contribution >= 0.6 is 0 Å². The molecule has 3 aromatic carbocycles. The standard InChI is InChI=1S/C23H24N2O2/c1-24(2)19-9-5-17(6-10-19)23(26)18-7-13-21(14-8-18)27-22-15-11-20(12-16-22)25(3)4/h5-16H,1-4H3. The average molecular weight is 360 g/mol. The second-order valence-corrected chi connectivity index (χ2v) is 6.79. The zero-order valence-electron chi connectivity index (χ0n) is 16.1. The molecule has 0 aliphatic heterocycles. The summed E-state index contributed by atoms with van der Waals surface area (Å²) in [4.78, 5) is 16.7. The van der Waals surface area contributed by atoms with Gasteiger partial charge in [-0.25, -0.2) is 0 Å². The highest BCUT2D eigenvalue weighted by Crippen LogP contribution is 2.25. The fourth-order valence-electron chi connectivity index (χ4n) is 2.70. The van der Waals surface area contributed by atoms with Crippen molar-refractivity contribution in [3.05, 3.63) is 83.9 Å². The summed E-state index contributed by atoms with van der Waals surface area (Å²) < 4.78 is 5.86. The first-order valence-electron chi connectivity index (χ1n) is 8.81. The summed E-state index contributed by atoms with van der Waals surface area (Å²) in [5.74, 6) is 1.47. The highest BCUT2D eigenvalue weighted by atomic mass is 16.5. The maximum absolute atomic E-state index is 12.6. The normalized spacial score (nSPS) is 10.4. The average Bonchev–Trinajstić information content (AvgIpc) is 2.68. The number of carbonyl (C=O) groups excluding carboxylic acids is 1. The minimum Gasteiger partial charge on any atom is -0.457 e. The predicted molar refractivity (Wildman–Crippen MR) is 111 cm³/mol. The van der Waals surface area contributed by atoms with E-state index < -0.39 is 0 Å². The number of nitrogens with zero attached hydrogens (tertiary/aromatic N) is 2. The summed E-state index contributed by atoms with van der Waals surface area (Å²) in [7, 11) is 7.95. The maximum atomic E-state index is 12.6. The van der Waals surface area contributed by atoms with Gasteiger partial charge in [0.15, 0.2) is 5.78 Å². The molecule has 3 rings (SSSR count). The second kappa shape index (κ2) is 7.96. The van der Waals surface area contributed by atoms with Gasteiger partial charge in [-0.3, -0.25) is 4.79 Å². The van der Waals surface area contributed by atoms with Crippen molar-refractivity contribution in [1.82, 2.24) is 0 Å². The van der Waals surface area contributed by atoms with Crippen LogP contribution in [0.1, 0.15) is 15.9 Å². The summed E-state index contributed by atoms with van der Waals surface area (Å²) in [5.41, 5.74) is 3.50. The molecule has 0 spiro atoms. The summed E-state index contributed by atoms with van der Waals surface area (Å²) in [6.07, 6.45) is 0. The zero-order valence-corrected chi connectivity index (χ0v) is 16.1. The molecule has 0 aromatic heterocycles. The third kappa shape index (κ3) is 4.47. The van der Waals surface area contributed by atoms with Crippen LogP contribution in [0.5, 0.6) is 11.5 Å². The SMILES string of the molecule is CN(C)c1ccc(Oc2ccc(C(=O)c3ccc(N(C)C)cc3)cc2)cc1. The highest BCUT2D eigenvalue weighted by Gasteiger charge is 2.10. The number of ketones is 1. The maximum Gasteiger partial charge on any atom is 0.193 e. The molecule has 27 heavy (non-hydrogen) atoms. The third-order valence-electron chi connectivity index (χ3n) is 4.35. The highest BCUT2D eigenvalue weighted by molar-refractivity contribution is 6.09. The predicted octanol–water partition coefficient (Wildman–Crippen LogP) is 4.84. The van der Waals surface area contributed by atoms with Crippen molar-refractivity contribution >= 4 is 17.2 Å². The number of ether oxygens (including phenoxy) is 1. The van der Waals surface area contributed by atoms with Gasteiger partial charge in [-0.1, -0.05) is 0 Å². The lowest BCUT2D eigenvalue weighted by atomic mass is 10.0. The van der Waals surface area contributed by atoms with Gasteiger partial charge in [0.05, 0.1) is 0 Å². The Bertz CT molecular complexity index is 897. The van der Waals surface area contributed by atoms with Crippen LogP contribution < -0.4 is 14.5 Å². The summed E-state index contributed by atoms with van der Waals surface area (Å²) in [5, 5.41) is 0. The fraction of sp³-hybridized carbons (Fsp3) is 0.174. The van der Waals surface area contributed by atoms with Crippen molar-refractivity contribution in [2.75, 3.05) is 38.0 Å². The van der Waals surface area contributed by atoms with E-state index in [1.165, 1.54) is 0 Å². The fourth-order valence-corrected chi connectivity index (χ4v) is 2.70. The number of rotatable bonds is 6. The van der Waals surface area contributed by atoms with Gasteiger partial charge in [-0.2, -0.15) is 0 Å². The first-order valence-corrected chi connectivity index (χ1v) is 8.81. The summed E-state index contributed by atoms with van der Waals surface area (Å²) in [6.45, 7) is 0. The molecule has 0 aliphatic carbocycles. The Morgan fingerprint density at radius 2 is 0.926 bits per heavy atom. The van der Waals surface area contributed by atoms with E-state index in [2.05, 4.69) is 0 Å². The van der Waals surface area contributed by atoms with Crippen LogP contribution in [0.15, 0.2) is 72.8 Å². The smallest absolute Gasteiger partial charge is 0.193 e. The topological polar surface area (TPSA) is 32.8 Å². The van der Waals surface area contributed by atoms with Crippen molar-refractivity contribution in [1.29, 1.82) is 0 Å². The van der Waals surface area contributed by atoms with Gasteiger partial charge >= 0.3 is 0 Å². The van der Waals surface area contributed by atoms with Crippen LogP contribution in [0.3, 0.4) is 0 Å². The molecular formula is C23H24N2O2. The lowest BCUT2D eigenvalue weighted by Crippen LogP contribution is -2.09. The number of benzene rings is 3. The number of anilines is 2. The van der Waals surface area contributed by atoms with Crippen molar-refractivity contribution in [3.63, 3.8) is 0 Å². The van der Waals surface area contributed by atoms with Gasteiger partial charge in [0.25, 0.3) is 0 Å². The van der Waals surface area contributed by atoms with E-state index in [0.717, 1.165) is 17.1 Å². The Hall–Kier alpha value is -3.27. The van der Waals surface area contributed by atoms with E-state index in [9.17, 15) is 4.79 Å². The van der Waals surface area contributed by atoms with E-state index in [1.807, 2.05) is 98.7 Å².